The first-order chi connectivity index (χ1) is 8.70. The van der Waals surface area contributed by atoms with Crippen molar-refractivity contribution >= 4 is 11.6 Å². The Morgan fingerprint density at radius 2 is 2.17 bits per heavy atom. The third-order valence-corrected chi connectivity index (χ3v) is 3.08. The van der Waals surface area contributed by atoms with Crippen LogP contribution in [0.2, 0.25) is 0 Å². The molecule has 1 aromatic carbocycles. The molecule has 4 heteroatoms. The van der Waals surface area contributed by atoms with Crippen LogP contribution in [0.3, 0.4) is 0 Å². The summed E-state index contributed by atoms with van der Waals surface area (Å²) >= 11 is 0. The molecule has 1 heterocycles. The smallest absolute Gasteiger partial charge is 0.207 e. The van der Waals surface area contributed by atoms with Gasteiger partial charge in [-0.3, -0.25) is 4.79 Å². The number of aliphatic imine (C=N–C) groups is 1. The van der Waals surface area contributed by atoms with Crippen LogP contribution in [0.4, 0.5) is 0 Å². The van der Waals surface area contributed by atoms with Gasteiger partial charge >= 0.3 is 0 Å². The number of amidine groups is 1. The molecule has 1 saturated heterocycles. The van der Waals surface area contributed by atoms with E-state index in [0.29, 0.717) is 12.1 Å². The fourth-order valence-corrected chi connectivity index (χ4v) is 2.07. The van der Waals surface area contributed by atoms with Gasteiger partial charge in [-0.1, -0.05) is 29.8 Å². The van der Waals surface area contributed by atoms with Crippen LogP contribution < -0.4 is 0 Å². The van der Waals surface area contributed by atoms with Crippen molar-refractivity contribution in [2.24, 2.45) is 4.99 Å². The molecule has 1 aliphatic heterocycles. The van der Waals surface area contributed by atoms with E-state index < -0.39 is 0 Å². The van der Waals surface area contributed by atoms with Gasteiger partial charge in [0, 0.05) is 18.5 Å². The summed E-state index contributed by atoms with van der Waals surface area (Å²) in [6, 6.07) is 7.55. The SMILES string of the molecule is Cc1ccc(C(=O)CN2CCC/C2=N/C#N)cc1. The van der Waals surface area contributed by atoms with Crippen molar-refractivity contribution in [2.75, 3.05) is 13.1 Å². The van der Waals surface area contributed by atoms with Crippen molar-refractivity contribution in [1.82, 2.24) is 4.90 Å². The summed E-state index contributed by atoms with van der Waals surface area (Å²) in [6.45, 7) is 3.11. The zero-order chi connectivity index (χ0) is 13.0. The Labute approximate surface area is 107 Å². The monoisotopic (exact) mass is 241 g/mol. The second-order valence-electron chi connectivity index (χ2n) is 4.44. The molecule has 0 spiro atoms. The van der Waals surface area contributed by atoms with E-state index in [1.165, 1.54) is 0 Å². The summed E-state index contributed by atoms with van der Waals surface area (Å²) in [7, 11) is 0. The molecule has 92 valence electrons. The largest absolute Gasteiger partial charge is 0.352 e. The topological polar surface area (TPSA) is 56.5 Å². The number of likely N-dealkylation sites (tertiary alicyclic amines) is 1. The van der Waals surface area contributed by atoms with Crippen molar-refractivity contribution in [1.29, 1.82) is 5.26 Å². The summed E-state index contributed by atoms with van der Waals surface area (Å²) < 4.78 is 0. The van der Waals surface area contributed by atoms with Crippen LogP contribution in [0.1, 0.15) is 28.8 Å². The van der Waals surface area contributed by atoms with E-state index in [2.05, 4.69) is 4.99 Å². The highest BCUT2D eigenvalue weighted by molar-refractivity contribution is 6.00. The van der Waals surface area contributed by atoms with Gasteiger partial charge in [0.05, 0.1) is 6.54 Å². The Kier molecular flexibility index (Phi) is 3.73. The summed E-state index contributed by atoms with van der Waals surface area (Å²) in [5, 5.41) is 8.58. The van der Waals surface area contributed by atoms with Gasteiger partial charge in [0.25, 0.3) is 0 Å². The number of carbonyl (C=O) groups excluding carboxylic acids is 1. The van der Waals surface area contributed by atoms with E-state index in [-0.39, 0.29) is 5.78 Å². The predicted octanol–water partition coefficient (Wildman–Crippen LogP) is 2.15. The Hall–Kier alpha value is -2.15. The fraction of sp³-hybridized carbons (Fsp3) is 0.357. The van der Waals surface area contributed by atoms with E-state index in [1.54, 1.807) is 6.19 Å². The maximum Gasteiger partial charge on any atom is 0.207 e. The van der Waals surface area contributed by atoms with E-state index in [4.69, 9.17) is 5.26 Å². The Bertz CT molecular complexity index is 511. The third-order valence-electron chi connectivity index (χ3n) is 3.08. The first-order valence-electron chi connectivity index (χ1n) is 6.01. The van der Waals surface area contributed by atoms with Gasteiger partial charge in [0.2, 0.25) is 6.19 Å². The van der Waals surface area contributed by atoms with Gasteiger partial charge in [-0.15, -0.1) is 0 Å². The van der Waals surface area contributed by atoms with Gasteiger partial charge in [0.1, 0.15) is 5.84 Å². The molecule has 0 bridgehead atoms. The molecule has 18 heavy (non-hydrogen) atoms. The normalized spacial score (nSPS) is 16.9. The number of Topliss-reactive ketones (excluding diaryl/α,β-unsaturated/α-hetero) is 1. The van der Waals surface area contributed by atoms with E-state index >= 15 is 0 Å². The molecule has 0 amide bonds. The molecule has 0 atom stereocenters. The van der Waals surface area contributed by atoms with Crippen LogP contribution in [-0.2, 0) is 0 Å². The zero-order valence-electron chi connectivity index (χ0n) is 10.4. The molecular weight excluding hydrogens is 226 g/mol. The second-order valence-corrected chi connectivity index (χ2v) is 4.44. The van der Waals surface area contributed by atoms with Crippen LogP contribution in [-0.4, -0.2) is 29.6 Å². The summed E-state index contributed by atoms with van der Waals surface area (Å²) in [6.07, 6.45) is 3.54. The lowest BCUT2D eigenvalue weighted by Crippen LogP contribution is -2.30. The molecule has 1 aromatic rings. The Balaban J connectivity index is 2.06. The Morgan fingerprint density at radius 1 is 1.44 bits per heavy atom. The second kappa shape index (κ2) is 5.46. The van der Waals surface area contributed by atoms with Gasteiger partial charge in [-0.2, -0.15) is 10.3 Å². The highest BCUT2D eigenvalue weighted by Crippen LogP contribution is 2.13. The first kappa shape index (κ1) is 12.3. The molecular formula is C14H15N3O. The molecule has 0 aliphatic carbocycles. The van der Waals surface area contributed by atoms with Crippen LogP contribution in [0, 0.1) is 18.4 Å². The van der Waals surface area contributed by atoms with E-state index in [9.17, 15) is 4.79 Å². The first-order valence-corrected chi connectivity index (χ1v) is 6.01. The zero-order valence-corrected chi connectivity index (χ0v) is 10.4. The van der Waals surface area contributed by atoms with Crippen molar-refractivity contribution in [3.8, 4) is 6.19 Å². The van der Waals surface area contributed by atoms with Crippen LogP contribution in [0.25, 0.3) is 0 Å². The molecule has 0 saturated carbocycles. The van der Waals surface area contributed by atoms with Crippen molar-refractivity contribution in [3.05, 3.63) is 35.4 Å². The molecule has 0 radical (unpaired) electrons. The third kappa shape index (κ3) is 2.75. The van der Waals surface area contributed by atoms with Crippen LogP contribution in [0.15, 0.2) is 29.3 Å². The lowest BCUT2D eigenvalue weighted by atomic mass is 10.1. The molecule has 1 aliphatic rings. The molecule has 4 nitrogen and oxygen atoms in total. The number of rotatable bonds is 3. The molecule has 0 unspecified atom stereocenters. The number of hydrogen-bond acceptors (Lipinski definition) is 3. The molecule has 2 rings (SSSR count). The van der Waals surface area contributed by atoms with Crippen LogP contribution in [0.5, 0.6) is 0 Å². The minimum absolute atomic E-state index is 0.0718. The van der Waals surface area contributed by atoms with Crippen molar-refractivity contribution in [2.45, 2.75) is 19.8 Å². The van der Waals surface area contributed by atoms with Gasteiger partial charge in [-0.25, -0.2) is 0 Å². The highest BCUT2D eigenvalue weighted by Gasteiger charge is 2.21. The fourth-order valence-electron chi connectivity index (χ4n) is 2.07. The maximum atomic E-state index is 12.1. The summed E-state index contributed by atoms with van der Waals surface area (Å²) in [4.78, 5) is 17.7. The average molecular weight is 241 g/mol. The van der Waals surface area contributed by atoms with Gasteiger partial charge in [-0.05, 0) is 13.3 Å². The summed E-state index contributed by atoms with van der Waals surface area (Å²) in [5.74, 6) is 0.806. The van der Waals surface area contributed by atoms with Crippen molar-refractivity contribution < 1.29 is 4.79 Å². The summed E-state index contributed by atoms with van der Waals surface area (Å²) in [5.41, 5.74) is 1.85. The van der Waals surface area contributed by atoms with Gasteiger partial charge in [0.15, 0.2) is 5.78 Å². The number of benzene rings is 1. The molecule has 0 N–H and O–H groups in total. The quantitative estimate of drug-likeness (QED) is 0.602. The van der Waals surface area contributed by atoms with Crippen molar-refractivity contribution in [3.63, 3.8) is 0 Å². The molecule has 0 aromatic heterocycles. The number of nitriles is 1. The highest BCUT2D eigenvalue weighted by atomic mass is 16.1. The number of aryl methyl sites for hydroxylation is 1. The minimum Gasteiger partial charge on any atom is -0.352 e. The van der Waals surface area contributed by atoms with E-state index in [1.807, 2.05) is 36.1 Å². The van der Waals surface area contributed by atoms with Crippen LogP contribution >= 0.6 is 0 Å². The average Bonchev–Trinajstić information content (AvgIpc) is 2.78. The number of nitrogens with zero attached hydrogens (tertiary/aromatic N) is 3. The lowest BCUT2D eigenvalue weighted by Gasteiger charge is -2.16. The van der Waals surface area contributed by atoms with E-state index in [0.717, 1.165) is 30.8 Å². The lowest BCUT2D eigenvalue weighted by molar-refractivity contribution is 0.0966. The maximum absolute atomic E-state index is 12.1. The Morgan fingerprint density at radius 3 is 2.83 bits per heavy atom. The van der Waals surface area contributed by atoms with Gasteiger partial charge < -0.3 is 4.90 Å². The molecule has 1 fully saturated rings. The number of ketones is 1. The standard InChI is InChI=1S/C14H15N3O/c1-11-4-6-12(7-5-11)13(18)9-17-8-2-3-14(17)16-10-15/h4-7H,2-3,8-9H2,1H3/b16-14-. The minimum atomic E-state index is 0.0718. The number of hydrogen-bond donors (Lipinski definition) is 0. The number of carbonyl (C=O) groups is 1. The predicted molar refractivity (Wildman–Crippen MR) is 69.4 cm³/mol.